The number of aromatic nitrogens is 2. The van der Waals surface area contributed by atoms with Crippen molar-refractivity contribution in [1.82, 2.24) is 20.0 Å². The lowest BCUT2D eigenvalue weighted by Crippen LogP contribution is -2.48. The van der Waals surface area contributed by atoms with Crippen molar-refractivity contribution in [2.75, 3.05) is 32.8 Å². The van der Waals surface area contributed by atoms with Crippen molar-refractivity contribution >= 4 is 5.96 Å². The van der Waals surface area contributed by atoms with Crippen LogP contribution in [0.5, 0.6) is 0 Å². The van der Waals surface area contributed by atoms with Gasteiger partial charge in [-0.05, 0) is 43.9 Å². The van der Waals surface area contributed by atoms with Gasteiger partial charge in [0.25, 0.3) is 0 Å². The highest BCUT2D eigenvalue weighted by Crippen LogP contribution is 2.25. The smallest absolute Gasteiger partial charge is 0.194 e. The van der Waals surface area contributed by atoms with Crippen LogP contribution in [0.15, 0.2) is 35.6 Å². The predicted octanol–water partition coefficient (Wildman–Crippen LogP) is 2.62. The van der Waals surface area contributed by atoms with E-state index in [4.69, 9.17) is 9.73 Å². The Balaban J connectivity index is 1.67. The Labute approximate surface area is 162 Å². The van der Waals surface area contributed by atoms with Crippen LogP contribution < -0.4 is 5.32 Å². The lowest BCUT2D eigenvalue weighted by molar-refractivity contribution is -0.00832. The van der Waals surface area contributed by atoms with Gasteiger partial charge in [-0.3, -0.25) is 9.67 Å². The Hall–Kier alpha value is -2.34. The molecule has 0 amide bonds. The molecule has 2 heterocycles. The minimum atomic E-state index is 0.0847. The van der Waals surface area contributed by atoms with Gasteiger partial charge in [-0.1, -0.05) is 23.8 Å². The lowest BCUT2D eigenvalue weighted by atomic mass is 10.00. The Bertz CT molecular complexity index is 783. The summed E-state index contributed by atoms with van der Waals surface area (Å²) in [6, 6.07) is 6.59. The summed E-state index contributed by atoms with van der Waals surface area (Å²) in [6.45, 7) is 10.4. The minimum absolute atomic E-state index is 0.0847. The van der Waals surface area contributed by atoms with Gasteiger partial charge in [0, 0.05) is 32.9 Å². The number of nitrogens with one attached hydrogen (secondary N) is 1. The van der Waals surface area contributed by atoms with E-state index < -0.39 is 0 Å². The molecule has 0 aliphatic carbocycles. The number of hydrogen-bond donors (Lipinski definition) is 1. The fourth-order valence-corrected chi connectivity index (χ4v) is 3.53. The average Bonchev–Trinajstić information content (AvgIpc) is 3.06. The third kappa shape index (κ3) is 5.10. The van der Waals surface area contributed by atoms with E-state index in [9.17, 15) is 0 Å². The quantitative estimate of drug-likeness (QED) is 0.650. The third-order valence-electron chi connectivity index (χ3n) is 4.89. The van der Waals surface area contributed by atoms with Crippen LogP contribution in [0.1, 0.15) is 35.3 Å². The molecule has 0 spiro atoms. The monoisotopic (exact) mass is 369 g/mol. The number of aryl methyl sites for hydroxylation is 3. The van der Waals surface area contributed by atoms with E-state index in [-0.39, 0.29) is 6.10 Å². The molecule has 1 aliphatic rings. The SMILES string of the molecule is CCNC(=NCCc1cnn(C)c1)N1CCOC(c2ccc(C)cc2C)C1. The first-order chi connectivity index (χ1) is 13.1. The van der Waals surface area contributed by atoms with Crippen molar-refractivity contribution in [2.24, 2.45) is 12.0 Å². The van der Waals surface area contributed by atoms with Crippen molar-refractivity contribution in [3.8, 4) is 0 Å². The van der Waals surface area contributed by atoms with Crippen molar-refractivity contribution in [3.63, 3.8) is 0 Å². The van der Waals surface area contributed by atoms with Crippen molar-refractivity contribution in [2.45, 2.75) is 33.3 Å². The zero-order valence-corrected chi connectivity index (χ0v) is 16.9. The van der Waals surface area contributed by atoms with Crippen LogP contribution in [0.2, 0.25) is 0 Å². The average molecular weight is 370 g/mol. The van der Waals surface area contributed by atoms with Crippen molar-refractivity contribution < 1.29 is 4.74 Å². The molecule has 3 rings (SSSR count). The minimum Gasteiger partial charge on any atom is -0.370 e. The van der Waals surface area contributed by atoms with E-state index in [1.807, 2.05) is 24.1 Å². The maximum atomic E-state index is 6.08. The molecule has 0 radical (unpaired) electrons. The van der Waals surface area contributed by atoms with E-state index in [2.05, 4.69) is 54.3 Å². The highest BCUT2D eigenvalue weighted by molar-refractivity contribution is 5.80. The number of guanidine groups is 1. The van der Waals surface area contributed by atoms with Crippen LogP contribution in [0.4, 0.5) is 0 Å². The molecule has 6 nitrogen and oxygen atoms in total. The Morgan fingerprint density at radius 2 is 2.22 bits per heavy atom. The summed E-state index contributed by atoms with van der Waals surface area (Å²) in [5, 5.41) is 7.66. The molecule has 1 aromatic carbocycles. The van der Waals surface area contributed by atoms with Crippen molar-refractivity contribution in [3.05, 3.63) is 52.8 Å². The first-order valence-corrected chi connectivity index (χ1v) is 9.76. The number of aliphatic imine (C=N–C) groups is 1. The molecule has 0 saturated carbocycles. The van der Waals surface area contributed by atoms with E-state index in [1.54, 1.807) is 0 Å². The van der Waals surface area contributed by atoms with E-state index in [0.717, 1.165) is 38.6 Å². The Morgan fingerprint density at radius 3 is 2.93 bits per heavy atom. The summed E-state index contributed by atoms with van der Waals surface area (Å²) < 4.78 is 7.92. The molecule has 1 unspecified atom stereocenters. The van der Waals surface area contributed by atoms with Gasteiger partial charge in [-0.25, -0.2) is 0 Å². The first-order valence-electron chi connectivity index (χ1n) is 9.76. The van der Waals surface area contributed by atoms with Crippen LogP contribution in [-0.4, -0.2) is 53.4 Å². The third-order valence-corrected chi connectivity index (χ3v) is 4.89. The number of morpholine rings is 1. The summed E-state index contributed by atoms with van der Waals surface area (Å²) in [6.07, 6.45) is 4.94. The number of nitrogens with zero attached hydrogens (tertiary/aromatic N) is 4. The Kier molecular flexibility index (Phi) is 6.50. The summed E-state index contributed by atoms with van der Waals surface area (Å²) in [5.74, 6) is 0.972. The largest absolute Gasteiger partial charge is 0.370 e. The number of hydrogen-bond acceptors (Lipinski definition) is 3. The van der Waals surface area contributed by atoms with Gasteiger partial charge in [-0.2, -0.15) is 5.10 Å². The van der Waals surface area contributed by atoms with Gasteiger partial charge in [0.05, 0.1) is 19.3 Å². The van der Waals surface area contributed by atoms with Gasteiger partial charge in [0.1, 0.15) is 6.10 Å². The second-order valence-corrected chi connectivity index (χ2v) is 7.17. The summed E-state index contributed by atoms with van der Waals surface area (Å²) in [4.78, 5) is 7.16. The molecule has 1 aliphatic heterocycles. The van der Waals surface area contributed by atoms with Crippen LogP contribution in [0.3, 0.4) is 0 Å². The molecule has 146 valence electrons. The molecule has 1 N–H and O–H groups in total. The molecule has 27 heavy (non-hydrogen) atoms. The summed E-state index contributed by atoms with van der Waals surface area (Å²) in [7, 11) is 1.94. The molecule has 1 saturated heterocycles. The molecule has 2 aromatic rings. The van der Waals surface area contributed by atoms with Crippen LogP contribution in [0.25, 0.3) is 0 Å². The maximum absolute atomic E-state index is 6.08. The molecular weight excluding hydrogens is 338 g/mol. The number of rotatable bonds is 5. The zero-order valence-electron chi connectivity index (χ0n) is 16.9. The fraction of sp³-hybridized carbons (Fsp3) is 0.524. The normalized spacial score (nSPS) is 18.0. The second-order valence-electron chi connectivity index (χ2n) is 7.17. The molecule has 1 fully saturated rings. The molecule has 1 atom stereocenters. The van der Waals surface area contributed by atoms with Gasteiger partial charge in [0.2, 0.25) is 0 Å². The highest BCUT2D eigenvalue weighted by Gasteiger charge is 2.25. The van der Waals surface area contributed by atoms with Crippen molar-refractivity contribution in [1.29, 1.82) is 0 Å². The lowest BCUT2D eigenvalue weighted by Gasteiger charge is -2.36. The van der Waals surface area contributed by atoms with Crippen LogP contribution in [-0.2, 0) is 18.2 Å². The van der Waals surface area contributed by atoms with Gasteiger partial charge in [-0.15, -0.1) is 0 Å². The number of benzene rings is 1. The first kappa shape index (κ1) is 19.4. The summed E-state index contributed by atoms with van der Waals surface area (Å²) in [5.41, 5.74) is 5.07. The maximum Gasteiger partial charge on any atom is 0.194 e. The standard InChI is InChI=1S/C21H31N5O/c1-5-22-21(23-9-8-18-13-24-25(4)14-18)26-10-11-27-20(15-26)19-7-6-16(2)12-17(19)3/h6-7,12-14,20H,5,8-11,15H2,1-4H3,(H,22,23). The van der Waals surface area contributed by atoms with Gasteiger partial charge >= 0.3 is 0 Å². The Morgan fingerprint density at radius 1 is 1.37 bits per heavy atom. The molecule has 6 heteroatoms. The molecular formula is C21H31N5O. The van der Waals surface area contributed by atoms with E-state index in [1.165, 1.54) is 22.3 Å². The van der Waals surface area contributed by atoms with Gasteiger partial charge < -0.3 is 15.0 Å². The molecule has 0 bridgehead atoms. The summed E-state index contributed by atoms with van der Waals surface area (Å²) >= 11 is 0. The predicted molar refractivity (Wildman–Crippen MR) is 109 cm³/mol. The topological polar surface area (TPSA) is 54.7 Å². The molecule has 1 aromatic heterocycles. The highest BCUT2D eigenvalue weighted by atomic mass is 16.5. The van der Waals surface area contributed by atoms with E-state index in [0.29, 0.717) is 6.61 Å². The van der Waals surface area contributed by atoms with Crippen LogP contribution in [0, 0.1) is 13.8 Å². The number of ether oxygens (including phenoxy) is 1. The van der Waals surface area contributed by atoms with Gasteiger partial charge in [0.15, 0.2) is 5.96 Å². The second kappa shape index (κ2) is 9.04. The van der Waals surface area contributed by atoms with E-state index >= 15 is 0 Å². The van der Waals surface area contributed by atoms with Crippen LogP contribution >= 0.6 is 0 Å². The zero-order chi connectivity index (χ0) is 19.2. The fourth-order valence-electron chi connectivity index (χ4n) is 3.53.